The van der Waals surface area contributed by atoms with Gasteiger partial charge in [-0.3, -0.25) is 0 Å². The van der Waals surface area contributed by atoms with Gasteiger partial charge >= 0.3 is 5.97 Å². The van der Waals surface area contributed by atoms with E-state index in [0.29, 0.717) is 22.0 Å². The number of anilines is 1. The number of hydrogen-bond acceptors (Lipinski definition) is 6. The fourth-order valence-corrected chi connectivity index (χ4v) is 2.58. The van der Waals surface area contributed by atoms with Crippen molar-refractivity contribution >= 4 is 33.2 Å². The average molecular weight is 251 g/mol. The Morgan fingerprint density at radius 2 is 2.12 bits per heavy atom. The second-order valence-electron chi connectivity index (χ2n) is 3.66. The van der Waals surface area contributed by atoms with E-state index < -0.39 is 5.97 Å². The van der Waals surface area contributed by atoms with Crippen LogP contribution in [0.2, 0.25) is 0 Å². The maximum atomic E-state index is 11.7. The fourth-order valence-electron chi connectivity index (χ4n) is 1.59. The molecule has 0 aliphatic carbocycles. The monoisotopic (exact) mass is 251 g/mol. The molecule has 0 saturated carbocycles. The van der Waals surface area contributed by atoms with Crippen LogP contribution in [-0.2, 0) is 4.74 Å². The van der Waals surface area contributed by atoms with Gasteiger partial charge in [0.1, 0.15) is 9.71 Å². The minimum atomic E-state index is -0.398. The van der Waals surface area contributed by atoms with Crippen molar-refractivity contribution in [3.63, 3.8) is 0 Å². The van der Waals surface area contributed by atoms with Crippen LogP contribution in [0.4, 0.5) is 5.69 Å². The number of nitrogens with two attached hydrogens (primary N) is 1. The molecule has 5 nitrogen and oxygen atoms in total. The third kappa shape index (κ3) is 1.84. The SMILES string of the molecule is CCOC(=O)c1sc2nnc(C)c(C)c2c1N. The summed E-state index contributed by atoms with van der Waals surface area (Å²) in [6.07, 6.45) is 0. The number of hydrogen-bond donors (Lipinski definition) is 1. The topological polar surface area (TPSA) is 78.1 Å². The lowest BCUT2D eigenvalue weighted by atomic mass is 10.1. The number of aromatic nitrogens is 2. The van der Waals surface area contributed by atoms with E-state index in [1.807, 2.05) is 13.8 Å². The van der Waals surface area contributed by atoms with Gasteiger partial charge in [0.15, 0.2) is 0 Å². The van der Waals surface area contributed by atoms with E-state index >= 15 is 0 Å². The molecule has 0 unspecified atom stereocenters. The van der Waals surface area contributed by atoms with Gasteiger partial charge in [0.2, 0.25) is 0 Å². The largest absolute Gasteiger partial charge is 0.462 e. The predicted molar refractivity (Wildman–Crippen MR) is 67.3 cm³/mol. The van der Waals surface area contributed by atoms with E-state index in [1.165, 1.54) is 11.3 Å². The number of carbonyl (C=O) groups excluding carboxylic acids is 1. The van der Waals surface area contributed by atoms with Crippen LogP contribution < -0.4 is 5.73 Å². The molecule has 0 aliphatic heterocycles. The molecule has 2 aromatic heterocycles. The summed E-state index contributed by atoms with van der Waals surface area (Å²) in [6.45, 7) is 5.88. The summed E-state index contributed by atoms with van der Waals surface area (Å²) in [7, 11) is 0. The van der Waals surface area contributed by atoms with Crippen LogP contribution in [0.1, 0.15) is 27.9 Å². The Morgan fingerprint density at radius 3 is 2.76 bits per heavy atom. The summed E-state index contributed by atoms with van der Waals surface area (Å²) in [5.74, 6) is -0.398. The van der Waals surface area contributed by atoms with Gasteiger partial charge in [0, 0.05) is 5.39 Å². The molecule has 17 heavy (non-hydrogen) atoms. The Hall–Kier alpha value is -1.69. The van der Waals surface area contributed by atoms with Crippen LogP contribution in [0.5, 0.6) is 0 Å². The van der Waals surface area contributed by atoms with E-state index in [4.69, 9.17) is 10.5 Å². The number of carbonyl (C=O) groups is 1. The highest BCUT2D eigenvalue weighted by atomic mass is 32.1. The molecule has 2 rings (SSSR count). The highest BCUT2D eigenvalue weighted by Crippen LogP contribution is 2.35. The van der Waals surface area contributed by atoms with E-state index in [2.05, 4.69) is 10.2 Å². The molecule has 0 saturated heterocycles. The van der Waals surface area contributed by atoms with Crippen LogP contribution in [0.15, 0.2) is 0 Å². The number of nitrogens with zero attached hydrogens (tertiary/aromatic N) is 2. The molecule has 0 bridgehead atoms. The fraction of sp³-hybridized carbons (Fsp3) is 0.364. The summed E-state index contributed by atoms with van der Waals surface area (Å²) in [6, 6.07) is 0. The number of thiophene rings is 1. The number of aryl methyl sites for hydroxylation is 2. The Balaban J connectivity index is 2.65. The van der Waals surface area contributed by atoms with Crippen LogP contribution in [0.25, 0.3) is 10.2 Å². The van der Waals surface area contributed by atoms with Gasteiger partial charge in [-0.25, -0.2) is 4.79 Å². The van der Waals surface area contributed by atoms with Gasteiger partial charge in [-0.1, -0.05) is 0 Å². The van der Waals surface area contributed by atoms with Crippen LogP contribution in [0, 0.1) is 13.8 Å². The van der Waals surface area contributed by atoms with Crippen molar-refractivity contribution in [2.75, 3.05) is 12.3 Å². The third-order valence-electron chi connectivity index (χ3n) is 2.60. The zero-order chi connectivity index (χ0) is 12.6. The molecule has 0 atom stereocenters. The Bertz CT molecular complexity index is 592. The Kier molecular flexibility index (Phi) is 2.97. The van der Waals surface area contributed by atoms with Gasteiger partial charge in [-0.05, 0) is 26.3 Å². The molecule has 2 N–H and O–H groups in total. The molecule has 2 heterocycles. The van der Waals surface area contributed by atoms with E-state index in [-0.39, 0.29) is 0 Å². The van der Waals surface area contributed by atoms with Gasteiger partial charge in [-0.15, -0.1) is 16.4 Å². The second kappa shape index (κ2) is 4.29. The number of rotatable bonds is 2. The van der Waals surface area contributed by atoms with E-state index in [9.17, 15) is 4.79 Å². The standard InChI is InChI=1S/C11H13N3O2S/c1-4-16-11(15)9-8(12)7-5(2)6(3)13-14-10(7)17-9/h4,12H2,1-3H3. The molecule has 0 aromatic carbocycles. The second-order valence-corrected chi connectivity index (χ2v) is 4.65. The predicted octanol–water partition coefficient (Wildman–Crippen LogP) is 2.07. The van der Waals surface area contributed by atoms with Gasteiger partial charge in [-0.2, -0.15) is 5.10 Å². The zero-order valence-corrected chi connectivity index (χ0v) is 10.7. The van der Waals surface area contributed by atoms with Crippen molar-refractivity contribution in [2.24, 2.45) is 0 Å². The molecule has 0 fully saturated rings. The van der Waals surface area contributed by atoms with Gasteiger partial charge in [0.05, 0.1) is 18.0 Å². The van der Waals surface area contributed by atoms with Crippen molar-refractivity contribution in [1.82, 2.24) is 10.2 Å². The summed E-state index contributed by atoms with van der Waals surface area (Å²) in [5, 5.41) is 8.88. The van der Waals surface area contributed by atoms with Crippen LogP contribution in [0.3, 0.4) is 0 Å². The number of esters is 1. The quantitative estimate of drug-likeness (QED) is 0.827. The van der Waals surface area contributed by atoms with Crippen molar-refractivity contribution in [3.05, 3.63) is 16.1 Å². The number of ether oxygens (including phenoxy) is 1. The first-order valence-electron chi connectivity index (χ1n) is 5.25. The highest BCUT2D eigenvalue weighted by Gasteiger charge is 2.20. The maximum Gasteiger partial charge on any atom is 0.350 e. The molecule has 90 valence electrons. The molecular formula is C11H13N3O2S. The minimum absolute atomic E-state index is 0.330. The minimum Gasteiger partial charge on any atom is -0.462 e. The summed E-state index contributed by atoms with van der Waals surface area (Å²) in [4.78, 5) is 12.8. The summed E-state index contributed by atoms with van der Waals surface area (Å²) >= 11 is 1.22. The molecular weight excluding hydrogens is 238 g/mol. The lowest BCUT2D eigenvalue weighted by Gasteiger charge is -2.01. The summed E-state index contributed by atoms with van der Waals surface area (Å²) in [5.41, 5.74) is 8.20. The molecule has 0 radical (unpaired) electrons. The number of nitrogen functional groups attached to an aromatic ring is 1. The smallest absolute Gasteiger partial charge is 0.350 e. The van der Waals surface area contributed by atoms with Crippen molar-refractivity contribution in [2.45, 2.75) is 20.8 Å². The molecule has 0 amide bonds. The van der Waals surface area contributed by atoms with Crippen molar-refractivity contribution in [3.8, 4) is 0 Å². The van der Waals surface area contributed by atoms with Crippen LogP contribution in [-0.4, -0.2) is 22.8 Å². The first-order chi connectivity index (χ1) is 8.06. The first-order valence-corrected chi connectivity index (χ1v) is 6.06. The maximum absolute atomic E-state index is 11.7. The lowest BCUT2D eigenvalue weighted by molar-refractivity contribution is 0.0533. The Morgan fingerprint density at radius 1 is 1.41 bits per heavy atom. The Labute approximate surface area is 103 Å². The average Bonchev–Trinajstić information content (AvgIpc) is 2.62. The molecule has 2 aromatic rings. The highest BCUT2D eigenvalue weighted by molar-refractivity contribution is 7.21. The molecule has 0 spiro atoms. The summed E-state index contributed by atoms with van der Waals surface area (Å²) < 4.78 is 4.95. The number of fused-ring (bicyclic) bond motifs is 1. The normalized spacial score (nSPS) is 10.8. The lowest BCUT2D eigenvalue weighted by Crippen LogP contribution is -2.05. The van der Waals surface area contributed by atoms with Crippen molar-refractivity contribution in [1.29, 1.82) is 0 Å². The molecule has 6 heteroatoms. The van der Waals surface area contributed by atoms with Crippen LogP contribution >= 0.6 is 11.3 Å². The van der Waals surface area contributed by atoms with Gasteiger partial charge < -0.3 is 10.5 Å². The zero-order valence-electron chi connectivity index (χ0n) is 9.90. The van der Waals surface area contributed by atoms with E-state index in [1.54, 1.807) is 6.92 Å². The van der Waals surface area contributed by atoms with Gasteiger partial charge in [0.25, 0.3) is 0 Å². The van der Waals surface area contributed by atoms with E-state index in [0.717, 1.165) is 16.6 Å². The van der Waals surface area contributed by atoms with Crippen molar-refractivity contribution < 1.29 is 9.53 Å². The third-order valence-corrected chi connectivity index (χ3v) is 3.67. The molecule has 0 aliphatic rings. The first kappa shape index (κ1) is 11.8.